The van der Waals surface area contributed by atoms with Crippen LogP contribution in [0.3, 0.4) is 0 Å². The van der Waals surface area contributed by atoms with Gasteiger partial charge in [-0.2, -0.15) is 13.2 Å². The van der Waals surface area contributed by atoms with Crippen LogP contribution in [0, 0.1) is 5.41 Å². The predicted octanol–water partition coefficient (Wildman–Crippen LogP) is 2.35. The first kappa shape index (κ1) is 12.8. The van der Waals surface area contributed by atoms with Crippen LogP contribution in [0.2, 0.25) is 0 Å². The molecule has 1 N–H and O–H groups in total. The number of hydrogen-bond donors (Lipinski definition) is 1. The van der Waals surface area contributed by atoms with Gasteiger partial charge in [-0.05, 0) is 24.7 Å². The largest absolute Gasteiger partial charge is 0.411 e. The Kier molecular flexibility index (Phi) is 4.40. The van der Waals surface area contributed by atoms with E-state index in [1.807, 2.05) is 0 Å². The molecular weight excluding hydrogens is 207 g/mol. The van der Waals surface area contributed by atoms with E-state index in [0.717, 1.165) is 25.9 Å². The van der Waals surface area contributed by atoms with Gasteiger partial charge in [-0.1, -0.05) is 6.92 Å². The molecule has 1 aliphatic heterocycles. The maximum Gasteiger partial charge on any atom is 0.411 e. The van der Waals surface area contributed by atoms with Crippen molar-refractivity contribution in [2.75, 3.05) is 26.3 Å². The summed E-state index contributed by atoms with van der Waals surface area (Å²) in [6.45, 7) is 3.19. The maximum atomic E-state index is 11.7. The van der Waals surface area contributed by atoms with Crippen molar-refractivity contribution in [2.24, 2.45) is 5.41 Å². The third-order valence-corrected chi connectivity index (χ3v) is 3.01. The molecule has 0 aromatic heterocycles. The summed E-state index contributed by atoms with van der Waals surface area (Å²) in [5.74, 6) is 0. The van der Waals surface area contributed by atoms with Crippen molar-refractivity contribution in [3.63, 3.8) is 0 Å². The molecule has 0 aliphatic carbocycles. The van der Waals surface area contributed by atoms with Crippen LogP contribution in [0.1, 0.15) is 26.2 Å². The van der Waals surface area contributed by atoms with Crippen LogP contribution in [-0.2, 0) is 4.74 Å². The van der Waals surface area contributed by atoms with Gasteiger partial charge in [-0.15, -0.1) is 0 Å². The molecule has 1 aliphatic rings. The molecule has 90 valence electrons. The second-order valence-electron chi connectivity index (χ2n) is 4.23. The Morgan fingerprint density at radius 2 is 2.00 bits per heavy atom. The molecule has 0 aromatic rings. The smallest absolute Gasteiger partial charge is 0.372 e. The Balaban J connectivity index is 2.02. The van der Waals surface area contributed by atoms with E-state index in [0.29, 0.717) is 11.8 Å². The van der Waals surface area contributed by atoms with E-state index in [-0.39, 0.29) is 6.61 Å². The number of hydrogen-bond acceptors (Lipinski definition) is 2. The third kappa shape index (κ3) is 4.38. The lowest BCUT2D eigenvalue weighted by molar-refractivity contribution is -0.174. The normalized spacial score (nSPS) is 20.0. The van der Waals surface area contributed by atoms with Gasteiger partial charge in [0.15, 0.2) is 0 Å². The molecule has 0 radical (unpaired) electrons. The van der Waals surface area contributed by atoms with Crippen LogP contribution in [-0.4, -0.2) is 32.5 Å². The zero-order chi connectivity index (χ0) is 11.4. The van der Waals surface area contributed by atoms with Gasteiger partial charge in [0.25, 0.3) is 0 Å². The van der Waals surface area contributed by atoms with Gasteiger partial charge in [0.2, 0.25) is 0 Å². The molecule has 15 heavy (non-hydrogen) atoms. The summed E-state index contributed by atoms with van der Waals surface area (Å²) in [4.78, 5) is 0. The summed E-state index contributed by atoms with van der Waals surface area (Å²) in [6.07, 6.45) is -1.44. The molecule has 0 spiro atoms. The molecule has 1 fully saturated rings. The number of nitrogens with one attached hydrogen (secondary N) is 1. The molecule has 0 atom stereocenters. The molecule has 2 nitrogen and oxygen atoms in total. The zero-order valence-corrected chi connectivity index (χ0v) is 8.99. The summed E-state index contributed by atoms with van der Waals surface area (Å²) in [5, 5.41) is 3.20. The number of halogens is 3. The van der Waals surface area contributed by atoms with Crippen molar-refractivity contribution in [3.8, 4) is 0 Å². The first-order valence-electron chi connectivity index (χ1n) is 5.33. The Hall–Kier alpha value is -0.290. The highest BCUT2D eigenvalue weighted by molar-refractivity contribution is 4.90. The second kappa shape index (κ2) is 5.16. The third-order valence-electron chi connectivity index (χ3n) is 3.01. The van der Waals surface area contributed by atoms with Crippen molar-refractivity contribution >= 4 is 0 Å². The number of rotatable bonds is 6. The molecule has 1 heterocycles. The monoisotopic (exact) mass is 225 g/mol. The van der Waals surface area contributed by atoms with Crippen molar-refractivity contribution in [2.45, 2.75) is 32.4 Å². The van der Waals surface area contributed by atoms with Crippen molar-refractivity contribution in [1.29, 1.82) is 0 Å². The lowest BCUT2D eigenvalue weighted by atomic mass is 9.75. The number of ether oxygens (including phenoxy) is 1. The minimum Gasteiger partial charge on any atom is -0.372 e. The summed E-state index contributed by atoms with van der Waals surface area (Å²) >= 11 is 0. The first-order chi connectivity index (χ1) is 6.97. The van der Waals surface area contributed by atoms with Crippen LogP contribution < -0.4 is 5.32 Å². The van der Waals surface area contributed by atoms with Crippen LogP contribution in [0.25, 0.3) is 0 Å². The van der Waals surface area contributed by atoms with E-state index in [9.17, 15) is 13.2 Å². The SMILES string of the molecule is CCC1(CCCOCC(F)(F)F)CNC1. The Morgan fingerprint density at radius 1 is 1.33 bits per heavy atom. The zero-order valence-electron chi connectivity index (χ0n) is 8.99. The average Bonchev–Trinajstić information content (AvgIpc) is 2.06. The fourth-order valence-corrected chi connectivity index (χ4v) is 1.82. The molecule has 1 saturated heterocycles. The Labute approximate surface area is 88.2 Å². The average molecular weight is 225 g/mol. The Morgan fingerprint density at radius 3 is 2.40 bits per heavy atom. The van der Waals surface area contributed by atoms with Gasteiger partial charge >= 0.3 is 6.18 Å². The standard InChI is InChI=1S/C10H18F3NO/c1-2-9(6-14-7-9)4-3-5-15-8-10(11,12)13/h14H,2-8H2,1H3. The van der Waals surface area contributed by atoms with Gasteiger partial charge in [0, 0.05) is 19.7 Å². The van der Waals surface area contributed by atoms with Gasteiger partial charge in [-0.25, -0.2) is 0 Å². The summed E-state index contributed by atoms with van der Waals surface area (Å²) in [7, 11) is 0. The van der Waals surface area contributed by atoms with Crippen molar-refractivity contribution < 1.29 is 17.9 Å². The first-order valence-corrected chi connectivity index (χ1v) is 5.33. The minimum absolute atomic E-state index is 0.210. The fraction of sp³-hybridized carbons (Fsp3) is 1.00. The van der Waals surface area contributed by atoms with E-state index in [1.165, 1.54) is 0 Å². The summed E-state index contributed by atoms with van der Waals surface area (Å²) in [5.41, 5.74) is 0.321. The van der Waals surface area contributed by atoms with E-state index >= 15 is 0 Å². The van der Waals surface area contributed by atoms with Crippen LogP contribution in [0.4, 0.5) is 13.2 Å². The second-order valence-corrected chi connectivity index (χ2v) is 4.23. The van der Waals surface area contributed by atoms with E-state index in [1.54, 1.807) is 0 Å². The molecule has 0 saturated carbocycles. The van der Waals surface area contributed by atoms with Gasteiger partial charge in [0.1, 0.15) is 6.61 Å². The highest BCUT2D eigenvalue weighted by atomic mass is 19.4. The lowest BCUT2D eigenvalue weighted by Crippen LogP contribution is -2.53. The van der Waals surface area contributed by atoms with E-state index in [4.69, 9.17) is 0 Å². The topological polar surface area (TPSA) is 21.3 Å². The summed E-state index contributed by atoms with van der Waals surface area (Å²) in [6, 6.07) is 0. The lowest BCUT2D eigenvalue weighted by Gasteiger charge is -2.42. The molecule has 5 heteroatoms. The van der Waals surface area contributed by atoms with Gasteiger partial charge in [-0.3, -0.25) is 0 Å². The summed E-state index contributed by atoms with van der Waals surface area (Å²) < 4.78 is 39.7. The Bertz CT molecular complexity index is 184. The maximum absolute atomic E-state index is 11.7. The molecule has 0 amide bonds. The van der Waals surface area contributed by atoms with Gasteiger partial charge < -0.3 is 10.1 Å². The van der Waals surface area contributed by atoms with Crippen molar-refractivity contribution in [3.05, 3.63) is 0 Å². The molecule has 1 rings (SSSR count). The molecule has 0 unspecified atom stereocenters. The van der Waals surface area contributed by atoms with Crippen LogP contribution in [0.5, 0.6) is 0 Å². The minimum atomic E-state index is -4.19. The van der Waals surface area contributed by atoms with Crippen molar-refractivity contribution in [1.82, 2.24) is 5.32 Å². The molecule has 0 bridgehead atoms. The quantitative estimate of drug-likeness (QED) is 0.700. The molecular formula is C10H18F3NO. The van der Waals surface area contributed by atoms with E-state index < -0.39 is 12.8 Å². The van der Waals surface area contributed by atoms with E-state index in [2.05, 4.69) is 17.0 Å². The fourth-order valence-electron chi connectivity index (χ4n) is 1.82. The number of alkyl halides is 3. The van der Waals surface area contributed by atoms with Crippen LogP contribution >= 0.6 is 0 Å². The highest BCUT2D eigenvalue weighted by Gasteiger charge is 2.34. The molecule has 0 aromatic carbocycles. The highest BCUT2D eigenvalue weighted by Crippen LogP contribution is 2.32. The van der Waals surface area contributed by atoms with Crippen LogP contribution in [0.15, 0.2) is 0 Å². The van der Waals surface area contributed by atoms with Gasteiger partial charge in [0.05, 0.1) is 0 Å². The predicted molar refractivity (Wildman–Crippen MR) is 51.7 cm³/mol.